The first kappa shape index (κ1) is 29.1. The van der Waals surface area contributed by atoms with E-state index in [0.717, 1.165) is 40.6 Å². The quantitative estimate of drug-likeness (QED) is 0.258. The topological polar surface area (TPSA) is 88.3 Å². The highest BCUT2D eigenvalue weighted by atomic mass is 35.5. The maximum Gasteiger partial charge on any atom is 0.319 e. The number of hydrogen-bond donors (Lipinski definition) is 0. The fraction of sp³-hybridized carbons (Fsp3) is 0.452. The van der Waals surface area contributed by atoms with E-state index in [9.17, 15) is 9.18 Å². The van der Waals surface area contributed by atoms with Crippen LogP contribution in [0.2, 0.25) is 5.02 Å². The lowest BCUT2D eigenvalue weighted by molar-refractivity contribution is -0.131. The van der Waals surface area contributed by atoms with E-state index in [1.165, 1.54) is 4.90 Å². The van der Waals surface area contributed by atoms with E-state index < -0.39 is 17.8 Å². The van der Waals surface area contributed by atoms with Crippen molar-refractivity contribution in [2.75, 3.05) is 49.1 Å². The number of halogens is 2. The van der Waals surface area contributed by atoms with Gasteiger partial charge in [-0.2, -0.15) is 9.97 Å². The minimum atomic E-state index is -1.02. The Kier molecular flexibility index (Phi) is 8.32. The van der Waals surface area contributed by atoms with Crippen LogP contribution >= 0.6 is 11.6 Å². The van der Waals surface area contributed by atoms with Crippen molar-refractivity contribution >= 4 is 39.8 Å². The molecule has 224 valence electrons. The van der Waals surface area contributed by atoms with E-state index in [1.54, 1.807) is 0 Å². The number of amides is 1. The van der Waals surface area contributed by atoms with Crippen LogP contribution in [0.15, 0.2) is 43.0 Å². The first-order valence-electron chi connectivity index (χ1n) is 14.5. The number of rotatable bonds is 9. The number of aromatic nitrogens is 3. The summed E-state index contributed by atoms with van der Waals surface area (Å²) in [5.74, 6) is -1.08. The molecule has 1 saturated carbocycles. The highest BCUT2D eigenvalue weighted by Gasteiger charge is 2.36. The Hall–Kier alpha value is -4.01. The van der Waals surface area contributed by atoms with Crippen LogP contribution in [-0.4, -0.2) is 83.3 Å². The molecule has 3 aromatic rings. The molecule has 1 aromatic carbocycles. The molecule has 1 aliphatic carbocycles. The van der Waals surface area contributed by atoms with E-state index in [2.05, 4.69) is 26.2 Å². The fourth-order valence-corrected chi connectivity index (χ4v) is 6.05. The number of nitrogens with zero attached hydrogens (tertiary/aromatic N) is 7. The third kappa shape index (κ3) is 6.21. The molecule has 0 radical (unpaired) electrons. The first-order valence-corrected chi connectivity index (χ1v) is 14.9. The second-order valence-electron chi connectivity index (χ2n) is 11.2. The Morgan fingerprint density at radius 2 is 2.07 bits per heavy atom. The summed E-state index contributed by atoms with van der Waals surface area (Å²) in [5.41, 5.74) is 2.74. The second-order valence-corrected chi connectivity index (χ2v) is 11.6. The summed E-state index contributed by atoms with van der Waals surface area (Å²) < 4.78 is 25.8. The monoisotopic (exact) mass is 605 g/mol. The van der Waals surface area contributed by atoms with Crippen molar-refractivity contribution in [3.05, 3.63) is 70.7 Å². The summed E-state index contributed by atoms with van der Waals surface area (Å²) in [7, 11) is 0. The van der Waals surface area contributed by atoms with E-state index in [4.69, 9.17) is 37.6 Å². The molecule has 6 rings (SSSR count). The van der Waals surface area contributed by atoms with Crippen molar-refractivity contribution in [3.63, 3.8) is 0 Å². The van der Waals surface area contributed by atoms with Crippen LogP contribution in [0.3, 0.4) is 0 Å². The van der Waals surface area contributed by atoms with Crippen molar-refractivity contribution < 1.29 is 18.7 Å². The largest absolute Gasteiger partial charge is 0.458 e. The molecule has 4 heterocycles. The summed E-state index contributed by atoms with van der Waals surface area (Å²) in [6.45, 7) is 15.2. The highest BCUT2D eigenvalue weighted by Crippen LogP contribution is 2.37. The molecule has 1 amide bonds. The normalized spacial score (nSPS) is 19.1. The van der Waals surface area contributed by atoms with Gasteiger partial charge in [-0.1, -0.05) is 30.3 Å². The van der Waals surface area contributed by atoms with Gasteiger partial charge >= 0.3 is 6.01 Å². The third-order valence-electron chi connectivity index (χ3n) is 8.05. The molecule has 0 spiro atoms. The predicted molar refractivity (Wildman–Crippen MR) is 162 cm³/mol. The van der Waals surface area contributed by atoms with Crippen LogP contribution in [-0.2, 0) is 22.5 Å². The lowest BCUT2D eigenvalue weighted by atomic mass is 10.0. The molecule has 0 unspecified atom stereocenters. The van der Waals surface area contributed by atoms with Gasteiger partial charge in [-0.25, -0.2) is 11.0 Å². The average Bonchev–Trinajstić information content (AvgIpc) is 3.84. The van der Waals surface area contributed by atoms with Gasteiger partial charge in [0.05, 0.1) is 41.9 Å². The van der Waals surface area contributed by atoms with Gasteiger partial charge in [-0.05, 0) is 32.3 Å². The Morgan fingerprint density at radius 3 is 2.84 bits per heavy atom. The molecule has 2 aromatic heterocycles. The Labute approximate surface area is 254 Å². The highest BCUT2D eigenvalue weighted by molar-refractivity contribution is 6.36. The van der Waals surface area contributed by atoms with Gasteiger partial charge in [0.15, 0.2) is 5.83 Å². The molecule has 10 nitrogen and oxygen atoms in total. The maximum absolute atomic E-state index is 13.8. The van der Waals surface area contributed by atoms with E-state index >= 15 is 0 Å². The van der Waals surface area contributed by atoms with Gasteiger partial charge in [0.1, 0.15) is 18.0 Å². The van der Waals surface area contributed by atoms with Crippen LogP contribution in [0, 0.1) is 6.57 Å². The van der Waals surface area contributed by atoms with Crippen molar-refractivity contribution in [3.8, 4) is 6.01 Å². The molecule has 3 aliphatic rings. The predicted octanol–water partition coefficient (Wildman–Crippen LogP) is 4.61. The number of ether oxygens (including phenoxy) is 2. The van der Waals surface area contributed by atoms with Gasteiger partial charge in [-0.3, -0.25) is 9.78 Å². The smallest absolute Gasteiger partial charge is 0.319 e. The molecule has 12 heteroatoms. The zero-order valence-corrected chi connectivity index (χ0v) is 24.8. The molecule has 1 saturated heterocycles. The molecule has 2 aliphatic heterocycles. The number of carbonyl (C=O) groups is 1. The van der Waals surface area contributed by atoms with Crippen LogP contribution in [0.1, 0.15) is 31.0 Å². The number of pyridine rings is 1. The standard InChI is InChI=1S/C31H33ClFN7O3/c1-19(18-42-23-7-8-23)43-31-36-26-17-38(27-15-35-13-21-5-4-6-25(32)28(21)27)10-9-24(26)29(37-31)39-11-12-40(30(41)20(2)33)22(16-39)14-34-3/h4-6,13,15,19,22-23H,2,7-12,14,16-18H2,1H3/t19-,22-/m0/s1. The van der Waals surface area contributed by atoms with E-state index in [-0.39, 0.29) is 25.2 Å². The Morgan fingerprint density at radius 1 is 1.23 bits per heavy atom. The zero-order valence-electron chi connectivity index (χ0n) is 24.0. The summed E-state index contributed by atoms with van der Waals surface area (Å²) in [6, 6.07) is 5.53. The summed E-state index contributed by atoms with van der Waals surface area (Å²) in [4.78, 5) is 35.9. The molecule has 2 fully saturated rings. The number of fused-ring (bicyclic) bond motifs is 2. The number of hydrogen-bond acceptors (Lipinski definition) is 8. The van der Waals surface area contributed by atoms with Crippen molar-refractivity contribution in [2.24, 2.45) is 0 Å². The molecule has 2 atom stereocenters. The number of carbonyl (C=O) groups excluding carboxylic acids is 1. The molecule has 0 N–H and O–H groups in total. The lowest BCUT2D eigenvalue weighted by Crippen LogP contribution is -2.57. The SMILES string of the molecule is [C-]#[N+]C[C@H]1CN(c2nc(O[C@@H](C)COC3CC3)nc3c2CCN(c2cncc4cccc(Cl)c24)C3)CCN1C(=O)C(=C)F. The number of benzene rings is 1. The van der Waals surface area contributed by atoms with Crippen LogP contribution in [0.4, 0.5) is 15.9 Å². The van der Waals surface area contributed by atoms with Crippen LogP contribution < -0.4 is 14.5 Å². The second kappa shape index (κ2) is 12.3. The summed E-state index contributed by atoms with van der Waals surface area (Å²) >= 11 is 6.64. The number of anilines is 2. The van der Waals surface area contributed by atoms with Crippen molar-refractivity contribution in [1.29, 1.82) is 0 Å². The molecular formula is C31H33ClFN7O3. The Bertz CT molecular complexity index is 1590. The van der Waals surface area contributed by atoms with Gasteiger partial charge in [0.2, 0.25) is 6.54 Å². The van der Waals surface area contributed by atoms with Crippen molar-refractivity contribution in [2.45, 2.75) is 51.0 Å². The van der Waals surface area contributed by atoms with Crippen LogP contribution in [0.5, 0.6) is 6.01 Å². The molecule has 0 bridgehead atoms. The minimum Gasteiger partial charge on any atom is -0.458 e. The third-order valence-corrected chi connectivity index (χ3v) is 8.37. The van der Waals surface area contributed by atoms with E-state index in [1.807, 2.05) is 37.5 Å². The fourth-order valence-electron chi connectivity index (χ4n) is 5.77. The van der Waals surface area contributed by atoms with Gasteiger partial charge in [0, 0.05) is 48.7 Å². The van der Waals surface area contributed by atoms with Gasteiger partial charge in [-0.15, -0.1) is 0 Å². The maximum atomic E-state index is 13.8. The summed E-state index contributed by atoms with van der Waals surface area (Å²) in [6.07, 6.45) is 6.49. The summed E-state index contributed by atoms with van der Waals surface area (Å²) in [5, 5.41) is 2.56. The first-order chi connectivity index (χ1) is 20.8. The number of piperazine rings is 1. The molecular weight excluding hydrogens is 573 g/mol. The van der Waals surface area contributed by atoms with Gasteiger partial charge in [0.25, 0.3) is 5.91 Å². The Balaban J connectivity index is 1.33. The van der Waals surface area contributed by atoms with Gasteiger partial charge < -0.3 is 29.0 Å². The van der Waals surface area contributed by atoms with Crippen LogP contribution in [0.25, 0.3) is 15.6 Å². The van der Waals surface area contributed by atoms with Crippen molar-refractivity contribution in [1.82, 2.24) is 19.9 Å². The average molecular weight is 606 g/mol. The molecule has 43 heavy (non-hydrogen) atoms. The zero-order chi connectivity index (χ0) is 30.1. The lowest BCUT2D eigenvalue weighted by Gasteiger charge is -2.41. The van der Waals surface area contributed by atoms with E-state index in [0.29, 0.717) is 56.2 Å². The minimum absolute atomic E-state index is 0.0459.